The van der Waals surface area contributed by atoms with Crippen molar-refractivity contribution < 1.29 is 19.7 Å². The molecule has 150 valence electrons. The van der Waals surface area contributed by atoms with Gasteiger partial charge in [-0.2, -0.15) is 10.2 Å². The van der Waals surface area contributed by atoms with Crippen molar-refractivity contribution in [1.82, 2.24) is 19.7 Å². The summed E-state index contributed by atoms with van der Waals surface area (Å²) >= 11 is 0. The van der Waals surface area contributed by atoms with E-state index in [9.17, 15) is 15.0 Å². The molecule has 0 unspecified atom stereocenters. The van der Waals surface area contributed by atoms with Crippen molar-refractivity contribution in [3.05, 3.63) is 66.1 Å². The summed E-state index contributed by atoms with van der Waals surface area (Å²) in [5.74, 6) is -1.26. The number of aromatic nitrogens is 4. The summed E-state index contributed by atoms with van der Waals surface area (Å²) in [4.78, 5) is 19.8. The minimum Gasteiger partial charge on any atom is -0.504 e. The average Bonchev–Trinajstić information content (AvgIpc) is 3.20. The number of phenols is 1. The maximum atomic E-state index is 11.3. The van der Waals surface area contributed by atoms with Crippen LogP contribution in [0.4, 0.5) is 5.82 Å². The first kappa shape index (κ1) is 18.9. The normalized spacial score (nSPS) is 11.1. The molecular formula is C20H16N6O4. The summed E-state index contributed by atoms with van der Waals surface area (Å²) in [5, 5.41) is 28.3. The first-order valence-electron chi connectivity index (χ1n) is 8.76. The fraction of sp³-hybridized carbons (Fsp3) is 0.0500. The Kier molecular flexibility index (Phi) is 4.95. The van der Waals surface area contributed by atoms with E-state index in [1.54, 1.807) is 10.9 Å². The molecule has 4 aromatic rings. The Labute approximate surface area is 170 Å². The summed E-state index contributed by atoms with van der Waals surface area (Å²) in [6, 6.07) is 12.3. The Morgan fingerprint density at radius 3 is 2.77 bits per heavy atom. The van der Waals surface area contributed by atoms with Crippen LogP contribution < -0.4 is 10.2 Å². The van der Waals surface area contributed by atoms with Crippen molar-refractivity contribution in [3.63, 3.8) is 0 Å². The molecule has 2 aromatic carbocycles. The lowest BCUT2D eigenvalue weighted by Gasteiger charge is -2.07. The third-order valence-electron chi connectivity index (χ3n) is 4.30. The van der Waals surface area contributed by atoms with Crippen LogP contribution in [0.25, 0.3) is 16.7 Å². The van der Waals surface area contributed by atoms with E-state index in [2.05, 4.69) is 25.6 Å². The zero-order valence-electron chi connectivity index (χ0n) is 15.7. The van der Waals surface area contributed by atoms with Gasteiger partial charge in [-0.15, -0.1) is 0 Å². The molecule has 0 amide bonds. The molecule has 0 atom stereocenters. The lowest BCUT2D eigenvalue weighted by molar-refractivity contribution is 0.0693. The minimum absolute atomic E-state index is 0.0323. The smallest absolute Gasteiger partial charge is 0.339 e. The molecule has 0 spiro atoms. The summed E-state index contributed by atoms with van der Waals surface area (Å²) in [7, 11) is 1.34. The Morgan fingerprint density at radius 1 is 1.23 bits per heavy atom. The molecule has 0 aliphatic heterocycles. The predicted molar refractivity (Wildman–Crippen MR) is 109 cm³/mol. The summed E-state index contributed by atoms with van der Waals surface area (Å²) in [6.45, 7) is 0. The molecule has 10 nitrogen and oxygen atoms in total. The van der Waals surface area contributed by atoms with Crippen LogP contribution in [-0.2, 0) is 0 Å². The van der Waals surface area contributed by atoms with Crippen molar-refractivity contribution in [3.8, 4) is 17.2 Å². The Morgan fingerprint density at radius 2 is 2.03 bits per heavy atom. The van der Waals surface area contributed by atoms with Crippen molar-refractivity contribution in [2.24, 2.45) is 5.10 Å². The number of nitrogens with zero attached hydrogens (tertiary/aromatic N) is 5. The van der Waals surface area contributed by atoms with Gasteiger partial charge in [-0.05, 0) is 29.8 Å². The van der Waals surface area contributed by atoms with Crippen LogP contribution in [0.3, 0.4) is 0 Å². The van der Waals surface area contributed by atoms with Gasteiger partial charge < -0.3 is 14.9 Å². The van der Waals surface area contributed by atoms with Crippen LogP contribution in [0, 0.1) is 0 Å². The number of carboxylic acid groups (broad SMARTS) is 1. The van der Waals surface area contributed by atoms with Gasteiger partial charge in [0.15, 0.2) is 23.0 Å². The number of aromatic hydroxyl groups is 1. The lowest BCUT2D eigenvalue weighted by atomic mass is 10.1. The molecule has 4 rings (SSSR count). The lowest BCUT2D eigenvalue weighted by Crippen LogP contribution is -2.01. The number of methoxy groups -OCH3 is 1. The van der Waals surface area contributed by atoms with Gasteiger partial charge >= 0.3 is 5.97 Å². The van der Waals surface area contributed by atoms with Gasteiger partial charge in [0.2, 0.25) is 0 Å². The highest BCUT2D eigenvalue weighted by molar-refractivity contribution is 5.95. The van der Waals surface area contributed by atoms with Gasteiger partial charge in [0.25, 0.3) is 0 Å². The van der Waals surface area contributed by atoms with E-state index < -0.39 is 11.7 Å². The second-order valence-corrected chi connectivity index (χ2v) is 6.15. The van der Waals surface area contributed by atoms with Crippen molar-refractivity contribution in [1.29, 1.82) is 0 Å². The summed E-state index contributed by atoms with van der Waals surface area (Å²) in [5.41, 5.74) is 4.41. The maximum absolute atomic E-state index is 11.3. The largest absolute Gasteiger partial charge is 0.504 e. The number of benzene rings is 2. The molecule has 0 aliphatic rings. The van der Waals surface area contributed by atoms with Gasteiger partial charge in [-0.25, -0.2) is 19.4 Å². The number of carbonyl (C=O) groups is 1. The number of aromatic carboxylic acids is 1. The van der Waals surface area contributed by atoms with Crippen molar-refractivity contribution in [2.45, 2.75) is 0 Å². The fourth-order valence-corrected chi connectivity index (χ4v) is 2.88. The first-order valence-corrected chi connectivity index (χ1v) is 8.76. The molecule has 3 N–H and O–H groups in total. The van der Waals surface area contributed by atoms with Crippen LogP contribution in [0.15, 0.2) is 60.1 Å². The van der Waals surface area contributed by atoms with Gasteiger partial charge in [-0.3, -0.25) is 5.43 Å². The molecule has 0 bridgehead atoms. The minimum atomic E-state index is -1.28. The van der Waals surface area contributed by atoms with Crippen LogP contribution in [0.1, 0.15) is 15.9 Å². The number of para-hydroxylation sites is 1. The zero-order chi connectivity index (χ0) is 21.1. The highest BCUT2D eigenvalue weighted by Crippen LogP contribution is 2.31. The van der Waals surface area contributed by atoms with Gasteiger partial charge in [-0.1, -0.05) is 18.2 Å². The molecule has 30 heavy (non-hydrogen) atoms. The highest BCUT2D eigenvalue weighted by Gasteiger charge is 2.16. The van der Waals surface area contributed by atoms with E-state index in [-0.39, 0.29) is 11.3 Å². The highest BCUT2D eigenvalue weighted by atomic mass is 16.5. The van der Waals surface area contributed by atoms with E-state index >= 15 is 0 Å². The van der Waals surface area contributed by atoms with E-state index in [1.807, 2.05) is 30.3 Å². The second kappa shape index (κ2) is 7.87. The van der Waals surface area contributed by atoms with Crippen LogP contribution >= 0.6 is 0 Å². The van der Waals surface area contributed by atoms with E-state index in [4.69, 9.17) is 4.74 Å². The third kappa shape index (κ3) is 3.49. The fourth-order valence-electron chi connectivity index (χ4n) is 2.88. The molecule has 2 aromatic heterocycles. The number of ether oxygens (including phenoxy) is 1. The van der Waals surface area contributed by atoms with Gasteiger partial charge in [0.1, 0.15) is 11.9 Å². The Balaban J connectivity index is 1.63. The number of anilines is 1. The van der Waals surface area contributed by atoms with Gasteiger partial charge in [0, 0.05) is 0 Å². The molecule has 10 heteroatoms. The molecule has 2 heterocycles. The molecule has 0 aliphatic carbocycles. The standard InChI is InChI=1S/C20H16N6O4/c1-30-16-8-12(7-14(17(16)27)20(28)29)9-23-25-18-15-10-24-26(19(15)22-11-21-18)13-5-3-2-4-6-13/h2-11,27H,1H3,(H,28,29)(H,21,22,25). The molecule has 0 fully saturated rings. The first-order chi connectivity index (χ1) is 14.6. The predicted octanol–water partition coefficient (Wildman–Crippen LogP) is 2.67. The van der Waals surface area contributed by atoms with Gasteiger partial charge in [0.05, 0.1) is 30.6 Å². The zero-order valence-corrected chi connectivity index (χ0v) is 15.7. The van der Waals surface area contributed by atoms with Crippen molar-refractivity contribution in [2.75, 3.05) is 12.5 Å². The van der Waals surface area contributed by atoms with Crippen LogP contribution in [0.5, 0.6) is 11.5 Å². The molecular weight excluding hydrogens is 388 g/mol. The number of hydrogen-bond donors (Lipinski definition) is 3. The van der Waals surface area contributed by atoms with Crippen LogP contribution in [-0.4, -0.2) is 49.3 Å². The summed E-state index contributed by atoms with van der Waals surface area (Å²) < 4.78 is 6.71. The monoisotopic (exact) mass is 404 g/mol. The van der Waals surface area contributed by atoms with E-state index in [1.165, 1.54) is 31.8 Å². The number of fused-ring (bicyclic) bond motifs is 1. The van der Waals surface area contributed by atoms with Crippen LogP contribution in [0.2, 0.25) is 0 Å². The topological polar surface area (TPSA) is 135 Å². The number of hydrazone groups is 1. The number of hydrogen-bond acceptors (Lipinski definition) is 8. The number of carboxylic acids is 1. The molecule has 0 radical (unpaired) electrons. The third-order valence-corrected chi connectivity index (χ3v) is 4.30. The Hall–Kier alpha value is -4.47. The maximum Gasteiger partial charge on any atom is 0.339 e. The van der Waals surface area contributed by atoms with E-state index in [0.29, 0.717) is 22.4 Å². The second-order valence-electron chi connectivity index (χ2n) is 6.15. The molecule has 0 saturated carbocycles. The number of rotatable bonds is 6. The van der Waals surface area contributed by atoms with E-state index in [0.717, 1.165) is 5.69 Å². The molecule has 0 saturated heterocycles. The Bertz CT molecular complexity index is 1250. The average molecular weight is 404 g/mol. The van der Waals surface area contributed by atoms with Crippen molar-refractivity contribution >= 4 is 29.0 Å². The quantitative estimate of drug-likeness (QED) is 0.330. The summed E-state index contributed by atoms with van der Waals surface area (Å²) in [6.07, 6.45) is 4.42. The number of nitrogens with one attached hydrogen (secondary N) is 1. The SMILES string of the molecule is COc1cc(C=NNc2ncnc3c2cnn3-c2ccccc2)cc(C(=O)O)c1O.